The quantitative estimate of drug-likeness (QED) is 0.810. The smallest absolute Gasteiger partial charge is 0.267 e. The van der Waals surface area contributed by atoms with Crippen molar-refractivity contribution in [2.24, 2.45) is 5.92 Å². The highest BCUT2D eigenvalue weighted by molar-refractivity contribution is 5.22. The van der Waals surface area contributed by atoms with E-state index in [-0.39, 0.29) is 5.56 Å². The average molecular weight is 359 g/mol. The van der Waals surface area contributed by atoms with E-state index in [1.807, 2.05) is 6.07 Å². The lowest BCUT2D eigenvalue weighted by Crippen LogP contribution is -2.41. The molecule has 1 unspecified atom stereocenters. The first-order valence-corrected chi connectivity index (χ1v) is 10.7. The highest BCUT2D eigenvalue weighted by Crippen LogP contribution is 2.22. The summed E-state index contributed by atoms with van der Waals surface area (Å²) in [6.07, 6.45) is 11.1. The van der Waals surface area contributed by atoms with Gasteiger partial charge in [0.25, 0.3) is 5.56 Å². The topological polar surface area (TPSA) is 41.4 Å². The normalized spacial score (nSPS) is 25.5. The zero-order valence-electron chi connectivity index (χ0n) is 16.3. The standard InChI is InChI=1S/C21H34N4O/c1-23-11-3-2-6-19(23)10-14-24-12-8-17(9-13-24)16-25-21(26)15-18-5-4-7-20(18)22-25/h15,17,19H,2-14,16H2,1H3. The van der Waals surface area contributed by atoms with Crippen LogP contribution >= 0.6 is 0 Å². The van der Waals surface area contributed by atoms with Gasteiger partial charge in [0.2, 0.25) is 0 Å². The Balaban J connectivity index is 1.24. The number of nitrogens with zero attached hydrogens (tertiary/aromatic N) is 4. The Labute approximate surface area is 157 Å². The van der Waals surface area contributed by atoms with Crippen molar-refractivity contribution >= 4 is 0 Å². The first-order valence-electron chi connectivity index (χ1n) is 10.7. The number of piperidine rings is 2. The molecule has 2 fully saturated rings. The third-order valence-corrected chi connectivity index (χ3v) is 6.86. The number of likely N-dealkylation sites (tertiary alicyclic amines) is 2. The van der Waals surface area contributed by atoms with E-state index in [1.165, 1.54) is 76.0 Å². The first kappa shape index (κ1) is 18.2. The van der Waals surface area contributed by atoms with Crippen LogP contribution < -0.4 is 5.56 Å². The average Bonchev–Trinajstić information content (AvgIpc) is 3.09. The number of fused-ring (bicyclic) bond motifs is 1. The Bertz CT molecular complexity index is 662. The summed E-state index contributed by atoms with van der Waals surface area (Å²) in [5.41, 5.74) is 2.46. The molecule has 1 aromatic heterocycles. The predicted molar refractivity (Wildman–Crippen MR) is 105 cm³/mol. The van der Waals surface area contributed by atoms with Crippen molar-refractivity contribution in [1.29, 1.82) is 0 Å². The molecule has 0 saturated carbocycles. The Kier molecular flexibility index (Phi) is 5.75. The van der Waals surface area contributed by atoms with E-state index in [9.17, 15) is 4.79 Å². The van der Waals surface area contributed by atoms with Crippen LogP contribution in [0.2, 0.25) is 0 Å². The van der Waals surface area contributed by atoms with Crippen molar-refractivity contribution < 1.29 is 0 Å². The Morgan fingerprint density at radius 3 is 2.73 bits per heavy atom. The molecule has 0 amide bonds. The minimum atomic E-state index is 0.105. The summed E-state index contributed by atoms with van der Waals surface area (Å²) in [7, 11) is 2.29. The summed E-state index contributed by atoms with van der Waals surface area (Å²) in [6.45, 7) is 5.68. The lowest BCUT2D eigenvalue weighted by atomic mass is 9.95. The molecule has 144 valence electrons. The summed E-state index contributed by atoms with van der Waals surface area (Å²) in [5, 5.41) is 4.66. The molecule has 5 heteroatoms. The van der Waals surface area contributed by atoms with Gasteiger partial charge in [-0.2, -0.15) is 5.10 Å². The minimum absolute atomic E-state index is 0.105. The van der Waals surface area contributed by atoms with Gasteiger partial charge in [-0.1, -0.05) is 6.42 Å². The van der Waals surface area contributed by atoms with E-state index in [1.54, 1.807) is 4.68 Å². The van der Waals surface area contributed by atoms with Gasteiger partial charge in [0.1, 0.15) is 0 Å². The Morgan fingerprint density at radius 1 is 1.08 bits per heavy atom. The van der Waals surface area contributed by atoms with Crippen molar-refractivity contribution in [3.63, 3.8) is 0 Å². The molecule has 1 aromatic rings. The van der Waals surface area contributed by atoms with E-state index < -0.39 is 0 Å². The number of rotatable bonds is 5. The fourth-order valence-electron chi connectivity index (χ4n) is 5.05. The van der Waals surface area contributed by atoms with Gasteiger partial charge < -0.3 is 9.80 Å². The van der Waals surface area contributed by atoms with E-state index in [0.29, 0.717) is 5.92 Å². The van der Waals surface area contributed by atoms with Gasteiger partial charge in [-0.25, -0.2) is 4.68 Å². The highest BCUT2D eigenvalue weighted by atomic mass is 16.1. The van der Waals surface area contributed by atoms with Crippen LogP contribution in [0.4, 0.5) is 0 Å². The van der Waals surface area contributed by atoms with Crippen LogP contribution in [-0.2, 0) is 19.4 Å². The second-order valence-electron chi connectivity index (χ2n) is 8.69. The number of hydrogen-bond donors (Lipinski definition) is 0. The van der Waals surface area contributed by atoms with Crippen molar-refractivity contribution in [2.45, 2.75) is 70.4 Å². The molecule has 5 nitrogen and oxygen atoms in total. The summed E-state index contributed by atoms with van der Waals surface area (Å²) >= 11 is 0. The molecule has 0 N–H and O–H groups in total. The van der Waals surface area contributed by atoms with Crippen LogP contribution in [0.15, 0.2) is 10.9 Å². The van der Waals surface area contributed by atoms with Crippen LogP contribution in [0.3, 0.4) is 0 Å². The molecule has 1 aliphatic carbocycles. The van der Waals surface area contributed by atoms with Gasteiger partial charge in [-0.05, 0) is 96.1 Å². The molecule has 0 radical (unpaired) electrons. The molecule has 2 aliphatic heterocycles. The summed E-state index contributed by atoms with van der Waals surface area (Å²) in [5.74, 6) is 0.605. The van der Waals surface area contributed by atoms with Gasteiger partial charge in [0, 0.05) is 18.7 Å². The van der Waals surface area contributed by atoms with Crippen molar-refractivity contribution in [3.05, 3.63) is 27.7 Å². The molecule has 3 heterocycles. The van der Waals surface area contributed by atoms with Crippen LogP contribution in [0.25, 0.3) is 0 Å². The van der Waals surface area contributed by atoms with Crippen LogP contribution in [0.1, 0.15) is 56.2 Å². The maximum Gasteiger partial charge on any atom is 0.267 e. The predicted octanol–water partition coefficient (Wildman–Crippen LogP) is 2.32. The Morgan fingerprint density at radius 2 is 1.92 bits per heavy atom. The van der Waals surface area contributed by atoms with E-state index in [4.69, 9.17) is 0 Å². The molecule has 0 spiro atoms. The second-order valence-corrected chi connectivity index (χ2v) is 8.69. The molecular weight excluding hydrogens is 324 g/mol. The SMILES string of the molecule is CN1CCCCC1CCN1CCC(Cn2nc3c(cc2=O)CCC3)CC1. The molecule has 3 aliphatic rings. The summed E-state index contributed by atoms with van der Waals surface area (Å²) < 4.78 is 1.75. The van der Waals surface area contributed by atoms with Crippen molar-refractivity contribution in [3.8, 4) is 0 Å². The van der Waals surface area contributed by atoms with Gasteiger partial charge in [-0.15, -0.1) is 0 Å². The van der Waals surface area contributed by atoms with Crippen LogP contribution in [0.5, 0.6) is 0 Å². The second kappa shape index (κ2) is 8.22. The van der Waals surface area contributed by atoms with Gasteiger partial charge in [0.15, 0.2) is 0 Å². The maximum atomic E-state index is 12.3. The maximum absolute atomic E-state index is 12.3. The third kappa shape index (κ3) is 4.20. The zero-order valence-corrected chi connectivity index (χ0v) is 16.3. The number of aryl methyl sites for hydroxylation is 2. The van der Waals surface area contributed by atoms with Crippen LogP contribution in [0, 0.1) is 5.92 Å². The summed E-state index contributed by atoms with van der Waals surface area (Å²) in [6, 6.07) is 2.63. The number of aromatic nitrogens is 2. The summed E-state index contributed by atoms with van der Waals surface area (Å²) in [4.78, 5) is 17.5. The Hall–Kier alpha value is -1.20. The molecule has 26 heavy (non-hydrogen) atoms. The van der Waals surface area contributed by atoms with Crippen LogP contribution in [-0.4, -0.2) is 58.8 Å². The fraction of sp³-hybridized carbons (Fsp3) is 0.810. The molecule has 2 saturated heterocycles. The molecule has 0 bridgehead atoms. The lowest BCUT2D eigenvalue weighted by molar-refractivity contribution is 0.129. The van der Waals surface area contributed by atoms with E-state index >= 15 is 0 Å². The zero-order chi connectivity index (χ0) is 17.9. The fourth-order valence-corrected chi connectivity index (χ4v) is 5.05. The van der Waals surface area contributed by atoms with Gasteiger partial charge in [-0.3, -0.25) is 4.79 Å². The highest BCUT2D eigenvalue weighted by Gasteiger charge is 2.24. The molecule has 1 atom stereocenters. The third-order valence-electron chi connectivity index (χ3n) is 6.86. The molecular formula is C21H34N4O. The van der Waals surface area contributed by atoms with E-state index in [2.05, 4.69) is 21.9 Å². The largest absolute Gasteiger partial charge is 0.303 e. The lowest BCUT2D eigenvalue weighted by Gasteiger charge is -2.36. The van der Waals surface area contributed by atoms with Crippen molar-refractivity contribution in [2.75, 3.05) is 33.2 Å². The minimum Gasteiger partial charge on any atom is -0.303 e. The van der Waals surface area contributed by atoms with Gasteiger partial charge in [0.05, 0.1) is 5.69 Å². The van der Waals surface area contributed by atoms with Crippen molar-refractivity contribution in [1.82, 2.24) is 19.6 Å². The monoisotopic (exact) mass is 358 g/mol. The molecule has 4 rings (SSSR count). The first-order chi connectivity index (χ1) is 12.7. The number of hydrogen-bond acceptors (Lipinski definition) is 4. The molecule has 0 aromatic carbocycles. The van der Waals surface area contributed by atoms with Gasteiger partial charge >= 0.3 is 0 Å². The van der Waals surface area contributed by atoms with E-state index in [0.717, 1.165) is 31.8 Å².